The molecule has 0 aliphatic rings. The van der Waals surface area contributed by atoms with E-state index in [0.29, 0.717) is 6.42 Å². The van der Waals surface area contributed by atoms with Crippen LogP contribution in [0, 0.1) is 6.92 Å². The second kappa shape index (κ2) is 7.44. The second-order valence-corrected chi connectivity index (χ2v) is 5.82. The highest BCUT2D eigenvalue weighted by molar-refractivity contribution is 7.99. The molecule has 0 radical (unpaired) electrons. The fourth-order valence-corrected chi connectivity index (χ4v) is 2.61. The van der Waals surface area contributed by atoms with Crippen LogP contribution >= 0.6 is 11.8 Å². The van der Waals surface area contributed by atoms with E-state index in [1.807, 2.05) is 0 Å². The Balaban J connectivity index is 2.43. The zero-order valence-electron chi connectivity index (χ0n) is 11.2. The lowest BCUT2D eigenvalue weighted by molar-refractivity contribution is -0.140. The fourth-order valence-electron chi connectivity index (χ4n) is 1.59. The Morgan fingerprint density at radius 1 is 1.39 bits per heavy atom. The summed E-state index contributed by atoms with van der Waals surface area (Å²) < 4.78 is 4.61. The predicted molar refractivity (Wildman–Crippen MR) is 76.7 cm³/mol. The minimum absolute atomic E-state index is 0.00625. The molecule has 4 heteroatoms. The van der Waals surface area contributed by atoms with Crippen LogP contribution in [0.5, 0.6) is 0 Å². The number of hydrogen-bond donors (Lipinski definition) is 1. The third-order valence-corrected chi connectivity index (χ3v) is 4.14. The van der Waals surface area contributed by atoms with Crippen molar-refractivity contribution >= 4 is 17.7 Å². The van der Waals surface area contributed by atoms with E-state index in [9.17, 15) is 4.79 Å². The maximum Gasteiger partial charge on any atom is 0.306 e. The highest BCUT2D eigenvalue weighted by Gasteiger charge is 2.15. The van der Waals surface area contributed by atoms with Crippen molar-refractivity contribution < 1.29 is 9.53 Å². The summed E-state index contributed by atoms with van der Waals surface area (Å²) in [7, 11) is 1.41. The molecule has 1 aromatic rings. The molecule has 0 aromatic heterocycles. The lowest BCUT2D eigenvalue weighted by Gasteiger charge is -2.19. The molecule has 0 aliphatic carbocycles. The lowest BCUT2D eigenvalue weighted by atomic mass is 10.0. The number of carbonyl (C=O) groups is 1. The third-order valence-electron chi connectivity index (χ3n) is 2.88. The quantitative estimate of drug-likeness (QED) is 0.805. The molecule has 0 amide bonds. The molecule has 0 saturated heterocycles. The number of aryl methyl sites for hydroxylation is 1. The number of nitrogens with two attached hydrogens (primary N) is 1. The maximum absolute atomic E-state index is 11.0. The van der Waals surface area contributed by atoms with Gasteiger partial charge in [-0.25, -0.2) is 0 Å². The fraction of sp³-hybridized carbons (Fsp3) is 0.500. The van der Waals surface area contributed by atoms with Crippen LogP contribution in [0.2, 0.25) is 0 Å². The molecule has 100 valence electrons. The molecular weight excluding hydrogens is 246 g/mol. The van der Waals surface area contributed by atoms with Gasteiger partial charge >= 0.3 is 5.97 Å². The van der Waals surface area contributed by atoms with Gasteiger partial charge in [-0.05, 0) is 12.5 Å². The molecule has 0 bridgehead atoms. The zero-order chi connectivity index (χ0) is 13.5. The normalized spacial score (nSPS) is 14.0. The number of methoxy groups -OCH3 is 1. The average molecular weight is 267 g/mol. The minimum atomic E-state index is -0.168. The van der Waals surface area contributed by atoms with E-state index in [4.69, 9.17) is 5.73 Å². The zero-order valence-corrected chi connectivity index (χ0v) is 12.0. The van der Waals surface area contributed by atoms with E-state index in [0.717, 1.165) is 11.3 Å². The van der Waals surface area contributed by atoms with E-state index < -0.39 is 0 Å². The van der Waals surface area contributed by atoms with Gasteiger partial charge in [0, 0.05) is 17.0 Å². The van der Waals surface area contributed by atoms with Crippen molar-refractivity contribution in [1.82, 2.24) is 0 Å². The Bertz CT molecular complexity index is 378. The van der Waals surface area contributed by atoms with Gasteiger partial charge in [-0.15, -0.1) is 0 Å². The second-order valence-electron chi connectivity index (χ2n) is 4.34. The van der Waals surface area contributed by atoms with Crippen molar-refractivity contribution in [2.75, 3.05) is 12.9 Å². The van der Waals surface area contributed by atoms with Crippen molar-refractivity contribution in [2.24, 2.45) is 5.73 Å². The number of hydrogen-bond acceptors (Lipinski definition) is 4. The van der Waals surface area contributed by atoms with Gasteiger partial charge in [-0.2, -0.15) is 11.8 Å². The summed E-state index contributed by atoms with van der Waals surface area (Å²) in [5.41, 5.74) is 8.57. The Kier molecular flexibility index (Phi) is 6.22. The smallest absolute Gasteiger partial charge is 0.306 e. The summed E-state index contributed by atoms with van der Waals surface area (Å²) >= 11 is 1.70. The van der Waals surface area contributed by atoms with Gasteiger partial charge in [-0.3, -0.25) is 4.79 Å². The monoisotopic (exact) mass is 267 g/mol. The maximum atomic E-state index is 11.0. The average Bonchev–Trinajstić information content (AvgIpc) is 2.38. The first-order chi connectivity index (χ1) is 8.54. The molecule has 0 spiro atoms. The topological polar surface area (TPSA) is 52.3 Å². The van der Waals surface area contributed by atoms with Gasteiger partial charge in [0.15, 0.2) is 0 Å². The van der Waals surface area contributed by atoms with E-state index in [1.54, 1.807) is 11.8 Å². The molecule has 3 nitrogen and oxygen atoms in total. The Morgan fingerprint density at radius 3 is 2.56 bits per heavy atom. The van der Waals surface area contributed by atoms with E-state index >= 15 is 0 Å². The van der Waals surface area contributed by atoms with E-state index in [1.165, 1.54) is 12.7 Å². The Morgan fingerprint density at radius 2 is 2.00 bits per heavy atom. The summed E-state index contributed by atoms with van der Waals surface area (Å²) in [6.45, 7) is 4.15. The lowest BCUT2D eigenvalue weighted by Crippen LogP contribution is -2.21. The minimum Gasteiger partial charge on any atom is -0.469 e. The van der Waals surface area contributed by atoms with Crippen LogP contribution in [-0.4, -0.2) is 24.1 Å². The molecule has 0 aliphatic heterocycles. The number of thioether (sulfide) groups is 1. The molecular formula is C14H21NO2S. The standard InChI is InChI=1S/C14H21NO2S/c1-10-4-6-12(7-5-10)14(15)11(2)18-9-8-13(16)17-3/h4-7,11,14H,8-9,15H2,1-3H3. The summed E-state index contributed by atoms with van der Waals surface area (Å²) in [6, 6.07) is 8.27. The highest BCUT2D eigenvalue weighted by Crippen LogP contribution is 2.25. The van der Waals surface area contributed by atoms with Gasteiger partial charge in [-0.1, -0.05) is 36.8 Å². The van der Waals surface area contributed by atoms with Crippen LogP contribution < -0.4 is 5.73 Å². The van der Waals surface area contributed by atoms with Gasteiger partial charge < -0.3 is 10.5 Å². The molecule has 0 heterocycles. The molecule has 1 rings (SSSR count). The van der Waals surface area contributed by atoms with Crippen molar-refractivity contribution in [1.29, 1.82) is 0 Å². The number of rotatable bonds is 6. The molecule has 1 aromatic carbocycles. The predicted octanol–water partition coefficient (Wildman–Crippen LogP) is 2.68. The third kappa shape index (κ3) is 4.70. The Hall–Kier alpha value is -1.00. The van der Waals surface area contributed by atoms with Gasteiger partial charge in [0.2, 0.25) is 0 Å². The van der Waals surface area contributed by atoms with Gasteiger partial charge in [0.25, 0.3) is 0 Å². The highest BCUT2D eigenvalue weighted by atomic mass is 32.2. The molecule has 2 unspecified atom stereocenters. The summed E-state index contributed by atoms with van der Waals surface area (Å²) in [5.74, 6) is 0.575. The number of benzene rings is 1. The Labute approximate surface area is 113 Å². The first-order valence-electron chi connectivity index (χ1n) is 6.05. The van der Waals surface area contributed by atoms with Crippen LogP contribution in [0.3, 0.4) is 0 Å². The van der Waals surface area contributed by atoms with Crippen molar-refractivity contribution in [3.8, 4) is 0 Å². The molecule has 0 saturated carbocycles. The molecule has 2 atom stereocenters. The van der Waals surface area contributed by atoms with Gasteiger partial charge in [0.1, 0.15) is 0 Å². The van der Waals surface area contributed by atoms with Crippen molar-refractivity contribution in [2.45, 2.75) is 31.6 Å². The number of ether oxygens (including phenoxy) is 1. The van der Waals surface area contributed by atoms with Crippen LogP contribution in [0.4, 0.5) is 0 Å². The molecule has 0 fully saturated rings. The number of esters is 1. The SMILES string of the molecule is COC(=O)CCSC(C)C(N)c1ccc(C)cc1. The molecule has 2 N–H and O–H groups in total. The van der Waals surface area contributed by atoms with Gasteiger partial charge in [0.05, 0.1) is 13.5 Å². The van der Waals surface area contributed by atoms with Crippen LogP contribution in [-0.2, 0) is 9.53 Å². The first kappa shape index (κ1) is 15.1. The first-order valence-corrected chi connectivity index (χ1v) is 7.10. The summed E-state index contributed by atoms with van der Waals surface area (Å²) in [6.07, 6.45) is 0.437. The van der Waals surface area contributed by atoms with E-state index in [-0.39, 0.29) is 17.3 Å². The van der Waals surface area contributed by atoms with Crippen LogP contribution in [0.15, 0.2) is 24.3 Å². The largest absolute Gasteiger partial charge is 0.469 e. The number of carbonyl (C=O) groups excluding carboxylic acids is 1. The summed E-state index contributed by atoms with van der Waals surface area (Å²) in [4.78, 5) is 11.0. The summed E-state index contributed by atoms with van der Waals surface area (Å²) in [5, 5.41) is 0.275. The van der Waals surface area contributed by atoms with E-state index in [2.05, 4.69) is 42.8 Å². The van der Waals surface area contributed by atoms with Crippen LogP contribution in [0.1, 0.15) is 30.5 Å². The molecule has 18 heavy (non-hydrogen) atoms. The van der Waals surface area contributed by atoms with Crippen molar-refractivity contribution in [3.05, 3.63) is 35.4 Å². The van der Waals surface area contributed by atoms with Crippen molar-refractivity contribution in [3.63, 3.8) is 0 Å². The van der Waals surface area contributed by atoms with Crippen LogP contribution in [0.25, 0.3) is 0 Å².